The Kier molecular flexibility index (Phi) is 4.55. The van der Waals surface area contributed by atoms with E-state index in [1.54, 1.807) is 29.2 Å². The molecule has 6 nitrogen and oxygen atoms in total. The van der Waals surface area contributed by atoms with Gasteiger partial charge in [0.05, 0.1) is 6.26 Å². The number of hydrogen-bond acceptors (Lipinski definition) is 4. The summed E-state index contributed by atoms with van der Waals surface area (Å²) in [5.41, 5.74) is 7.83. The van der Waals surface area contributed by atoms with Gasteiger partial charge < -0.3 is 20.4 Å². The predicted molar refractivity (Wildman–Crippen MR) is 90.7 cm³/mol. The number of carbonyl (C=O) groups is 2. The van der Waals surface area contributed by atoms with Gasteiger partial charge in [-0.15, -0.1) is 0 Å². The first-order valence-electron chi connectivity index (χ1n) is 8.04. The van der Waals surface area contributed by atoms with Crippen LogP contribution in [-0.2, 0) is 0 Å². The summed E-state index contributed by atoms with van der Waals surface area (Å²) in [6.07, 6.45) is 2.94. The lowest BCUT2D eigenvalue weighted by Gasteiger charge is -2.32. The quantitative estimate of drug-likeness (QED) is 0.846. The van der Waals surface area contributed by atoms with Crippen LogP contribution in [0.3, 0.4) is 0 Å². The Morgan fingerprint density at radius 3 is 2.67 bits per heavy atom. The van der Waals surface area contributed by atoms with Gasteiger partial charge in [0.2, 0.25) is 0 Å². The van der Waals surface area contributed by atoms with Crippen molar-refractivity contribution in [1.82, 2.24) is 10.2 Å². The Labute approximate surface area is 140 Å². The normalized spacial score (nSPS) is 15.3. The summed E-state index contributed by atoms with van der Waals surface area (Å²) in [7, 11) is 0. The molecule has 1 fully saturated rings. The molecule has 1 aromatic carbocycles. The zero-order chi connectivity index (χ0) is 17.1. The summed E-state index contributed by atoms with van der Waals surface area (Å²) >= 11 is 0. The van der Waals surface area contributed by atoms with Crippen LogP contribution in [0.15, 0.2) is 41.0 Å². The summed E-state index contributed by atoms with van der Waals surface area (Å²) in [6, 6.07) is 8.74. The third kappa shape index (κ3) is 3.42. The van der Waals surface area contributed by atoms with Gasteiger partial charge in [-0.05, 0) is 49.6 Å². The van der Waals surface area contributed by atoms with Crippen molar-refractivity contribution in [3.63, 3.8) is 0 Å². The van der Waals surface area contributed by atoms with Crippen molar-refractivity contribution in [2.75, 3.05) is 18.8 Å². The summed E-state index contributed by atoms with van der Waals surface area (Å²) < 4.78 is 5.15. The molecular formula is C18H21N3O3. The SMILES string of the molecule is Cc1ccc(N)cc1C(=O)NC1CCN(C(=O)c2ccco2)CC1. The van der Waals surface area contributed by atoms with E-state index in [9.17, 15) is 9.59 Å². The molecule has 0 spiro atoms. The Hall–Kier alpha value is -2.76. The van der Waals surface area contributed by atoms with Gasteiger partial charge in [-0.1, -0.05) is 6.07 Å². The fraction of sp³-hybridized carbons (Fsp3) is 0.333. The van der Waals surface area contributed by atoms with E-state index in [-0.39, 0.29) is 17.9 Å². The number of rotatable bonds is 3. The molecule has 2 heterocycles. The Morgan fingerprint density at radius 2 is 2.00 bits per heavy atom. The van der Waals surface area contributed by atoms with E-state index in [0.29, 0.717) is 30.1 Å². The largest absolute Gasteiger partial charge is 0.459 e. The summed E-state index contributed by atoms with van der Waals surface area (Å²) in [4.78, 5) is 26.4. The molecule has 1 aliphatic heterocycles. The number of aryl methyl sites for hydroxylation is 1. The maximum Gasteiger partial charge on any atom is 0.289 e. The number of likely N-dealkylation sites (tertiary alicyclic amines) is 1. The van der Waals surface area contributed by atoms with E-state index in [2.05, 4.69) is 5.32 Å². The maximum absolute atomic E-state index is 12.4. The first-order chi connectivity index (χ1) is 11.5. The average Bonchev–Trinajstić information content (AvgIpc) is 3.11. The number of nitrogen functional groups attached to an aromatic ring is 1. The van der Waals surface area contributed by atoms with Crippen molar-refractivity contribution in [2.24, 2.45) is 0 Å². The minimum atomic E-state index is -0.115. The maximum atomic E-state index is 12.4. The fourth-order valence-electron chi connectivity index (χ4n) is 2.93. The molecule has 1 aromatic heterocycles. The monoisotopic (exact) mass is 327 g/mol. The van der Waals surface area contributed by atoms with Gasteiger partial charge in [0, 0.05) is 30.4 Å². The highest BCUT2D eigenvalue weighted by Gasteiger charge is 2.26. The Morgan fingerprint density at radius 1 is 1.25 bits per heavy atom. The van der Waals surface area contributed by atoms with Crippen LogP contribution in [0.1, 0.15) is 39.3 Å². The van der Waals surface area contributed by atoms with Crippen LogP contribution in [0.4, 0.5) is 5.69 Å². The Balaban J connectivity index is 1.56. The highest BCUT2D eigenvalue weighted by atomic mass is 16.3. The second-order valence-corrected chi connectivity index (χ2v) is 6.09. The molecule has 6 heteroatoms. The average molecular weight is 327 g/mol. The first kappa shape index (κ1) is 16.1. The predicted octanol–water partition coefficient (Wildman–Crippen LogP) is 2.20. The zero-order valence-corrected chi connectivity index (χ0v) is 13.6. The van der Waals surface area contributed by atoms with Crippen molar-refractivity contribution >= 4 is 17.5 Å². The highest BCUT2D eigenvalue weighted by molar-refractivity contribution is 5.96. The van der Waals surface area contributed by atoms with Crippen LogP contribution in [0, 0.1) is 6.92 Å². The number of piperidine rings is 1. The number of nitrogens with two attached hydrogens (primary N) is 1. The van der Waals surface area contributed by atoms with Crippen molar-refractivity contribution in [3.05, 3.63) is 53.5 Å². The second kappa shape index (κ2) is 6.78. The molecule has 0 saturated carbocycles. The van der Waals surface area contributed by atoms with E-state index in [1.165, 1.54) is 6.26 Å². The van der Waals surface area contributed by atoms with Crippen LogP contribution in [0.2, 0.25) is 0 Å². The second-order valence-electron chi connectivity index (χ2n) is 6.09. The highest BCUT2D eigenvalue weighted by Crippen LogP contribution is 2.17. The molecule has 126 valence electrons. The summed E-state index contributed by atoms with van der Waals surface area (Å²) in [5.74, 6) is 0.139. The minimum absolute atomic E-state index is 0.0546. The molecular weight excluding hydrogens is 306 g/mol. The number of benzene rings is 1. The lowest BCUT2D eigenvalue weighted by atomic mass is 10.0. The number of nitrogens with zero attached hydrogens (tertiary/aromatic N) is 1. The van der Waals surface area contributed by atoms with E-state index >= 15 is 0 Å². The van der Waals surface area contributed by atoms with Crippen molar-refractivity contribution < 1.29 is 14.0 Å². The number of amides is 2. The van der Waals surface area contributed by atoms with E-state index in [1.807, 2.05) is 13.0 Å². The molecule has 1 saturated heterocycles. The molecule has 2 aromatic rings. The van der Waals surface area contributed by atoms with Crippen molar-refractivity contribution in [1.29, 1.82) is 0 Å². The number of furan rings is 1. The van der Waals surface area contributed by atoms with Gasteiger partial charge >= 0.3 is 0 Å². The van der Waals surface area contributed by atoms with Gasteiger partial charge in [0.15, 0.2) is 5.76 Å². The van der Waals surface area contributed by atoms with Gasteiger partial charge in [-0.25, -0.2) is 0 Å². The molecule has 0 aliphatic carbocycles. The number of anilines is 1. The molecule has 3 rings (SSSR count). The van der Waals surface area contributed by atoms with Crippen LogP contribution in [0.25, 0.3) is 0 Å². The third-order valence-electron chi connectivity index (χ3n) is 4.36. The third-order valence-corrected chi connectivity index (χ3v) is 4.36. The molecule has 0 atom stereocenters. The van der Waals surface area contributed by atoms with Gasteiger partial charge in [0.1, 0.15) is 0 Å². The van der Waals surface area contributed by atoms with Gasteiger partial charge in [-0.3, -0.25) is 9.59 Å². The van der Waals surface area contributed by atoms with Crippen molar-refractivity contribution in [2.45, 2.75) is 25.8 Å². The number of hydrogen-bond donors (Lipinski definition) is 2. The van der Waals surface area contributed by atoms with Crippen LogP contribution in [-0.4, -0.2) is 35.8 Å². The lowest BCUT2D eigenvalue weighted by Crippen LogP contribution is -2.46. The van der Waals surface area contributed by atoms with E-state index in [0.717, 1.165) is 18.4 Å². The van der Waals surface area contributed by atoms with Gasteiger partial charge in [0.25, 0.3) is 11.8 Å². The molecule has 2 amide bonds. The number of carbonyl (C=O) groups excluding carboxylic acids is 2. The van der Waals surface area contributed by atoms with E-state index in [4.69, 9.17) is 10.2 Å². The molecule has 0 unspecified atom stereocenters. The minimum Gasteiger partial charge on any atom is -0.459 e. The zero-order valence-electron chi connectivity index (χ0n) is 13.6. The van der Waals surface area contributed by atoms with Crippen LogP contribution < -0.4 is 11.1 Å². The molecule has 0 radical (unpaired) electrons. The van der Waals surface area contributed by atoms with E-state index < -0.39 is 0 Å². The summed E-state index contributed by atoms with van der Waals surface area (Å²) in [5, 5.41) is 3.04. The van der Waals surface area contributed by atoms with Crippen LogP contribution in [0.5, 0.6) is 0 Å². The molecule has 24 heavy (non-hydrogen) atoms. The smallest absolute Gasteiger partial charge is 0.289 e. The Bertz CT molecular complexity index is 732. The standard InChI is InChI=1S/C18H21N3O3/c1-12-4-5-13(19)11-15(12)17(22)20-14-6-8-21(9-7-14)18(23)16-3-2-10-24-16/h2-5,10-11,14H,6-9,19H2,1H3,(H,20,22). The van der Waals surface area contributed by atoms with Gasteiger partial charge in [-0.2, -0.15) is 0 Å². The summed E-state index contributed by atoms with van der Waals surface area (Å²) in [6.45, 7) is 3.08. The molecule has 3 N–H and O–H groups in total. The lowest BCUT2D eigenvalue weighted by molar-refractivity contribution is 0.0667. The fourth-order valence-corrected chi connectivity index (χ4v) is 2.93. The topological polar surface area (TPSA) is 88.6 Å². The molecule has 0 bridgehead atoms. The van der Waals surface area contributed by atoms with Crippen molar-refractivity contribution in [3.8, 4) is 0 Å². The molecule has 1 aliphatic rings. The van der Waals surface area contributed by atoms with Crippen LogP contribution >= 0.6 is 0 Å². The number of nitrogens with one attached hydrogen (secondary N) is 1. The first-order valence-corrected chi connectivity index (χ1v) is 8.04.